The van der Waals surface area contributed by atoms with Gasteiger partial charge in [-0.3, -0.25) is 0 Å². The van der Waals surface area contributed by atoms with Crippen molar-refractivity contribution in [2.45, 2.75) is 19.9 Å². The number of fused-ring (bicyclic) bond motifs is 1. The van der Waals surface area contributed by atoms with E-state index in [0.717, 1.165) is 63.0 Å². The van der Waals surface area contributed by atoms with Gasteiger partial charge in [-0.1, -0.05) is 12.1 Å². The molecule has 0 amide bonds. The predicted octanol–water partition coefficient (Wildman–Crippen LogP) is 1.97. The smallest absolute Gasteiger partial charge is 0.165 e. The van der Waals surface area contributed by atoms with Gasteiger partial charge in [-0.25, -0.2) is 0 Å². The molecule has 1 N–H and O–H groups in total. The lowest BCUT2D eigenvalue weighted by Gasteiger charge is -2.13. The largest absolute Gasteiger partial charge is 0.490 e. The average molecular weight is 251 g/mol. The molecule has 1 aliphatic heterocycles. The van der Waals surface area contributed by atoms with Crippen molar-refractivity contribution >= 4 is 0 Å². The zero-order valence-corrected chi connectivity index (χ0v) is 10.9. The number of hydrogen-bond acceptors (Lipinski definition) is 4. The van der Waals surface area contributed by atoms with Crippen LogP contribution in [0.1, 0.15) is 18.9 Å². The number of benzene rings is 1. The van der Waals surface area contributed by atoms with Crippen molar-refractivity contribution in [3.8, 4) is 11.5 Å². The topological polar surface area (TPSA) is 39.7 Å². The van der Waals surface area contributed by atoms with Gasteiger partial charge >= 0.3 is 0 Å². The Labute approximate surface area is 108 Å². The van der Waals surface area contributed by atoms with Crippen LogP contribution in [0.25, 0.3) is 0 Å². The first kappa shape index (κ1) is 13.2. The van der Waals surface area contributed by atoms with Crippen LogP contribution in [-0.2, 0) is 11.3 Å². The van der Waals surface area contributed by atoms with Gasteiger partial charge in [0.25, 0.3) is 0 Å². The third-order valence-corrected chi connectivity index (χ3v) is 2.80. The van der Waals surface area contributed by atoms with Crippen LogP contribution in [0.3, 0.4) is 0 Å². The first-order valence-corrected chi connectivity index (χ1v) is 6.57. The number of para-hydroxylation sites is 1. The van der Waals surface area contributed by atoms with Gasteiger partial charge in [0.1, 0.15) is 0 Å². The van der Waals surface area contributed by atoms with Gasteiger partial charge in [0.2, 0.25) is 0 Å². The number of nitrogens with one attached hydrogen (secondary N) is 1. The van der Waals surface area contributed by atoms with E-state index in [2.05, 4.69) is 11.4 Å². The summed E-state index contributed by atoms with van der Waals surface area (Å²) in [7, 11) is 0. The van der Waals surface area contributed by atoms with Gasteiger partial charge < -0.3 is 19.5 Å². The molecular formula is C14H21NO3. The van der Waals surface area contributed by atoms with Crippen molar-refractivity contribution in [2.75, 3.05) is 33.0 Å². The van der Waals surface area contributed by atoms with Crippen LogP contribution in [0.2, 0.25) is 0 Å². The fourth-order valence-corrected chi connectivity index (χ4v) is 1.90. The van der Waals surface area contributed by atoms with Crippen molar-refractivity contribution in [1.82, 2.24) is 5.32 Å². The quantitative estimate of drug-likeness (QED) is 0.785. The summed E-state index contributed by atoms with van der Waals surface area (Å²) < 4.78 is 16.7. The van der Waals surface area contributed by atoms with Crippen LogP contribution >= 0.6 is 0 Å². The van der Waals surface area contributed by atoms with Crippen molar-refractivity contribution < 1.29 is 14.2 Å². The van der Waals surface area contributed by atoms with E-state index in [0.29, 0.717) is 0 Å². The normalized spacial score (nSPS) is 14.3. The molecule has 0 spiro atoms. The molecule has 1 aromatic rings. The highest BCUT2D eigenvalue weighted by Gasteiger charge is 2.13. The summed E-state index contributed by atoms with van der Waals surface area (Å²) in [5.74, 6) is 1.75. The monoisotopic (exact) mass is 251 g/mol. The fourth-order valence-electron chi connectivity index (χ4n) is 1.90. The summed E-state index contributed by atoms with van der Waals surface area (Å²) in [6.45, 7) is 6.58. The summed E-state index contributed by atoms with van der Waals surface area (Å²) in [4.78, 5) is 0. The maximum absolute atomic E-state index is 5.76. The zero-order valence-electron chi connectivity index (χ0n) is 10.9. The van der Waals surface area contributed by atoms with Crippen LogP contribution in [0, 0.1) is 0 Å². The van der Waals surface area contributed by atoms with Crippen LogP contribution < -0.4 is 14.8 Å². The number of rotatable bonds is 6. The predicted molar refractivity (Wildman–Crippen MR) is 70.2 cm³/mol. The SMILES string of the molecule is CCOCCNCc1cccc2c1OCCCO2. The van der Waals surface area contributed by atoms with Crippen LogP contribution in [0.15, 0.2) is 18.2 Å². The lowest BCUT2D eigenvalue weighted by Crippen LogP contribution is -2.19. The first-order chi connectivity index (χ1) is 8.92. The Balaban J connectivity index is 1.91. The van der Waals surface area contributed by atoms with E-state index < -0.39 is 0 Å². The lowest BCUT2D eigenvalue weighted by atomic mass is 10.2. The average Bonchev–Trinajstić information content (AvgIpc) is 2.64. The summed E-state index contributed by atoms with van der Waals surface area (Å²) in [5, 5.41) is 3.35. The Morgan fingerprint density at radius 1 is 1.28 bits per heavy atom. The van der Waals surface area contributed by atoms with Gasteiger partial charge in [-0.2, -0.15) is 0 Å². The van der Waals surface area contributed by atoms with E-state index in [1.165, 1.54) is 0 Å². The van der Waals surface area contributed by atoms with E-state index in [1.807, 2.05) is 19.1 Å². The summed E-state index contributed by atoms with van der Waals surface area (Å²) in [6.07, 6.45) is 0.936. The molecule has 1 aromatic carbocycles. The highest BCUT2D eigenvalue weighted by molar-refractivity contribution is 5.46. The van der Waals surface area contributed by atoms with E-state index in [1.54, 1.807) is 0 Å². The second-order valence-corrected chi connectivity index (χ2v) is 4.17. The molecule has 0 atom stereocenters. The molecule has 0 saturated heterocycles. The Morgan fingerprint density at radius 2 is 2.17 bits per heavy atom. The summed E-state index contributed by atoms with van der Waals surface area (Å²) in [6, 6.07) is 6.04. The third-order valence-electron chi connectivity index (χ3n) is 2.80. The van der Waals surface area contributed by atoms with Crippen molar-refractivity contribution in [3.63, 3.8) is 0 Å². The molecule has 1 heterocycles. The van der Waals surface area contributed by atoms with E-state index in [4.69, 9.17) is 14.2 Å². The molecule has 2 rings (SSSR count). The van der Waals surface area contributed by atoms with Gasteiger partial charge in [0.05, 0.1) is 19.8 Å². The summed E-state index contributed by atoms with van der Waals surface area (Å²) >= 11 is 0. The van der Waals surface area contributed by atoms with Gasteiger partial charge in [-0.15, -0.1) is 0 Å². The van der Waals surface area contributed by atoms with Gasteiger partial charge in [0.15, 0.2) is 11.5 Å². The molecule has 4 nitrogen and oxygen atoms in total. The van der Waals surface area contributed by atoms with E-state index >= 15 is 0 Å². The van der Waals surface area contributed by atoms with Crippen molar-refractivity contribution in [3.05, 3.63) is 23.8 Å². The second-order valence-electron chi connectivity index (χ2n) is 4.17. The molecule has 100 valence electrons. The molecule has 0 saturated carbocycles. The standard InChI is InChI=1S/C14H21NO3/c1-2-16-10-7-15-11-12-5-3-6-13-14(12)18-9-4-8-17-13/h3,5-6,15H,2,4,7-11H2,1H3. The second kappa shape index (κ2) is 7.24. The lowest BCUT2D eigenvalue weighted by molar-refractivity contribution is 0.149. The van der Waals surface area contributed by atoms with Crippen LogP contribution in [0.4, 0.5) is 0 Å². The molecule has 0 aliphatic carbocycles. The minimum Gasteiger partial charge on any atom is -0.490 e. The van der Waals surface area contributed by atoms with Crippen LogP contribution in [-0.4, -0.2) is 33.0 Å². The third kappa shape index (κ3) is 3.62. The Bertz CT molecular complexity index is 368. The molecule has 0 radical (unpaired) electrons. The first-order valence-electron chi connectivity index (χ1n) is 6.57. The molecule has 0 aromatic heterocycles. The molecular weight excluding hydrogens is 230 g/mol. The summed E-state index contributed by atoms with van der Waals surface area (Å²) in [5.41, 5.74) is 1.14. The molecule has 1 aliphatic rings. The molecule has 0 unspecified atom stereocenters. The van der Waals surface area contributed by atoms with Crippen molar-refractivity contribution in [1.29, 1.82) is 0 Å². The Kier molecular flexibility index (Phi) is 5.30. The van der Waals surface area contributed by atoms with Crippen molar-refractivity contribution in [2.24, 2.45) is 0 Å². The van der Waals surface area contributed by atoms with E-state index in [-0.39, 0.29) is 0 Å². The molecule has 18 heavy (non-hydrogen) atoms. The fraction of sp³-hybridized carbons (Fsp3) is 0.571. The number of hydrogen-bond donors (Lipinski definition) is 1. The zero-order chi connectivity index (χ0) is 12.6. The molecule has 0 bridgehead atoms. The van der Waals surface area contributed by atoms with E-state index in [9.17, 15) is 0 Å². The molecule has 0 fully saturated rings. The molecule has 4 heteroatoms. The van der Waals surface area contributed by atoms with Crippen LogP contribution in [0.5, 0.6) is 11.5 Å². The maximum atomic E-state index is 5.76. The minimum atomic E-state index is 0.725. The Hall–Kier alpha value is -1.26. The number of ether oxygens (including phenoxy) is 3. The maximum Gasteiger partial charge on any atom is 0.165 e. The van der Waals surface area contributed by atoms with Gasteiger partial charge in [0, 0.05) is 31.7 Å². The highest BCUT2D eigenvalue weighted by Crippen LogP contribution is 2.32. The van der Waals surface area contributed by atoms with Gasteiger partial charge in [-0.05, 0) is 13.0 Å². The Morgan fingerprint density at radius 3 is 3.06 bits per heavy atom. The minimum absolute atomic E-state index is 0.725. The highest BCUT2D eigenvalue weighted by atomic mass is 16.5.